The number of carbonyl (C=O) groups is 2. The summed E-state index contributed by atoms with van der Waals surface area (Å²) in [6.07, 6.45) is 0.515. The first-order valence-corrected chi connectivity index (χ1v) is 6.73. The number of amides is 1. The van der Waals surface area contributed by atoms with Crippen LogP contribution in [0, 0.1) is 0 Å². The molecule has 4 nitrogen and oxygen atoms in total. The third kappa shape index (κ3) is 1.54. The molecule has 0 radical (unpaired) electrons. The molecule has 4 heteroatoms. The van der Waals surface area contributed by atoms with E-state index in [-0.39, 0.29) is 18.0 Å². The minimum Gasteiger partial charge on any atom is -0.459 e. The van der Waals surface area contributed by atoms with Crippen molar-refractivity contribution in [3.8, 4) is 0 Å². The van der Waals surface area contributed by atoms with Crippen LogP contribution in [0.15, 0.2) is 42.5 Å². The minimum absolute atomic E-state index is 0.0778. The molecule has 2 bridgehead atoms. The first-order chi connectivity index (χ1) is 9.74. The SMILES string of the molecule is O=C1O[C@H]2C[C@H]1N(C(=O)c1cccc3ccccc13)C2. The second-order valence-corrected chi connectivity index (χ2v) is 5.29. The van der Waals surface area contributed by atoms with E-state index < -0.39 is 6.04 Å². The van der Waals surface area contributed by atoms with Gasteiger partial charge in [-0.3, -0.25) is 4.79 Å². The molecule has 2 heterocycles. The van der Waals surface area contributed by atoms with Crippen molar-refractivity contribution in [2.45, 2.75) is 18.6 Å². The first-order valence-electron chi connectivity index (χ1n) is 6.73. The number of hydrogen-bond acceptors (Lipinski definition) is 3. The Morgan fingerprint density at radius 2 is 1.95 bits per heavy atom. The van der Waals surface area contributed by atoms with Crippen molar-refractivity contribution in [3.05, 3.63) is 48.0 Å². The van der Waals surface area contributed by atoms with Crippen LogP contribution in [-0.2, 0) is 9.53 Å². The number of morpholine rings is 1. The molecule has 0 aliphatic carbocycles. The van der Waals surface area contributed by atoms with Gasteiger partial charge in [0.2, 0.25) is 0 Å². The maximum absolute atomic E-state index is 12.7. The van der Waals surface area contributed by atoms with Crippen LogP contribution >= 0.6 is 0 Å². The van der Waals surface area contributed by atoms with E-state index in [1.165, 1.54) is 0 Å². The number of benzene rings is 2. The van der Waals surface area contributed by atoms with Crippen LogP contribution in [-0.4, -0.2) is 35.5 Å². The molecule has 0 N–H and O–H groups in total. The van der Waals surface area contributed by atoms with Gasteiger partial charge in [0.05, 0.1) is 6.54 Å². The first kappa shape index (κ1) is 11.5. The van der Waals surface area contributed by atoms with E-state index in [1.807, 2.05) is 42.5 Å². The highest BCUT2D eigenvalue weighted by molar-refractivity contribution is 6.08. The smallest absolute Gasteiger partial charge is 0.329 e. The zero-order valence-corrected chi connectivity index (χ0v) is 10.8. The van der Waals surface area contributed by atoms with Crippen molar-refractivity contribution >= 4 is 22.6 Å². The molecule has 0 saturated carbocycles. The molecule has 20 heavy (non-hydrogen) atoms. The van der Waals surface area contributed by atoms with Crippen LogP contribution in [0.5, 0.6) is 0 Å². The van der Waals surface area contributed by atoms with Gasteiger partial charge in [0.15, 0.2) is 0 Å². The molecule has 0 unspecified atom stereocenters. The number of hydrogen-bond donors (Lipinski definition) is 0. The van der Waals surface area contributed by atoms with E-state index in [1.54, 1.807) is 4.90 Å². The second-order valence-electron chi connectivity index (χ2n) is 5.29. The highest BCUT2D eigenvalue weighted by Gasteiger charge is 2.48. The average Bonchev–Trinajstić information content (AvgIpc) is 3.05. The van der Waals surface area contributed by atoms with Crippen LogP contribution in [0.3, 0.4) is 0 Å². The van der Waals surface area contributed by atoms with E-state index in [0.717, 1.165) is 10.8 Å². The number of ether oxygens (including phenoxy) is 1. The lowest BCUT2D eigenvalue weighted by molar-refractivity contribution is -0.149. The summed E-state index contributed by atoms with van der Waals surface area (Å²) in [6, 6.07) is 13.1. The predicted octanol–water partition coefficient (Wildman–Crippen LogP) is 1.98. The lowest BCUT2D eigenvalue weighted by atomic mass is 10.0. The summed E-state index contributed by atoms with van der Waals surface area (Å²) in [4.78, 5) is 26.0. The quantitative estimate of drug-likeness (QED) is 0.742. The van der Waals surface area contributed by atoms with Gasteiger partial charge in [-0.05, 0) is 16.8 Å². The number of esters is 1. The van der Waals surface area contributed by atoms with Crippen LogP contribution < -0.4 is 0 Å². The Kier molecular flexibility index (Phi) is 2.33. The van der Waals surface area contributed by atoms with Gasteiger partial charge in [0.25, 0.3) is 5.91 Å². The minimum atomic E-state index is -0.397. The number of rotatable bonds is 1. The summed E-state index contributed by atoms with van der Waals surface area (Å²) in [5, 5.41) is 1.96. The zero-order valence-electron chi connectivity index (χ0n) is 10.8. The molecule has 2 aliphatic heterocycles. The summed E-state index contributed by atoms with van der Waals surface area (Å²) >= 11 is 0. The van der Waals surface area contributed by atoms with Crippen molar-refractivity contribution in [2.24, 2.45) is 0 Å². The predicted molar refractivity (Wildman–Crippen MR) is 73.3 cm³/mol. The van der Waals surface area contributed by atoms with Crippen molar-refractivity contribution < 1.29 is 14.3 Å². The fourth-order valence-electron chi connectivity index (χ4n) is 3.14. The van der Waals surface area contributed by atoms with Crippen LogP contribution in [0.4, 0.5) is 0 Å². The summed E-state index contributed by atoms with van der Waals surface area (Å²) in [7, 11) is 0. The summed E-state index contributed by atoms with van der Waals surface area (Å²) in [6.45, 7) is 0.512. The lowest BCUT2D eigenvalue weighted by Gasteiger charge is -2.26. The zero-order chi connectivity index (χ0) is 13.7. The number of likely N-dealkylation sites (tertiary alicyclic amines) is 1. The maximum Gasteiger partial charge on any atom is 0.329 e. The molecular formula is C16H13NO3. The topological polar surface area (TPSA) is 46.6 Å². The molecule has 0 spiro atoms. The lowest BCUT2D eigenvalue weighted by Crippen LogP contribution is -2.44. The Balaban J connectivity index is 1.76. The Labute approximate surface area is 115 Å². The van der Waals surface area contributed by atoms with E-state index in [9.17, 15) is 9.59 Å². The molecule has 2 aromatic rings. The van der Waals surface area contributed by atoms with Gasteiger partial charge < -0.3 is 9.64 Å². The summed E-state index contributed by atoms with van der Waals surface area (Å²) < 4.78 is 5.13. The fourth-order valence-corrected chi connectivity index (χ4v) is 3.14. The molecule has 2 fully saturated rings. The van der Waals surface area contributed by atoms with Gasteiger partial charge >= 0.3 is 5.97 Å². The normalized spacial score (nSPS) is 24.2. The van der Waals surface area contributed by atoms with Gasteiger partial charge in [-0.15, -0.1) is 0 Å². The largest absolute Gasteiger partial charge is 0.459 e. The van der Waals surface area contributed by atoms with E-state index in [0.29, 0.717) is 18.5 Å². The summed E-state index contributed by atoms with van der Waals surface area (Å²) in [5.41, 5.74) is 0.656. The Morgan fingerprint density at radius 3 is 2.75 bits per heavy atom. The van der Waals surface area contributed by atoms with Gasteiger partial charge in [-0.25, -0.2) is 4.79 Å². The Morgan fingerprint density at radius 1 is 1.15 bits per heavy atom. The maximum atomic E-state index is 12.7. The van der Waals surface area contributed by atoms with Crippen molar-refractivity contribution in [1.29, 1.82) is 0 Å². The highest BCUT2D eigenvalue weighted by Crippen LogP contribution is 2.31. The highest BCUT2D eigenvalue weighted by atomic mass is 16.6. The number of carbonyl (C=O) groups excluding carboxylic acids is 2. The van der Waals surface area contributed by atoms with Crippen molar-refractivity contribution in [2.75, 3.05) is 6.54 Å². The molecule has 2 aliphatic rings. The molecule has 2 atom stereocenters. The average molecular weight is 267 g/mol. The van der Waals surface area contributed by atoms with Crippen LogP contribution in [0.2, 0.25) is 0 Å². The summed E-state index contributed by atoms with van der Waals surface area (Å²) in [5.74, 6) is -0.346. The fraction of sp³-hybridized carbons (Fsp3) is 0.250. The second kappa shape index (κ2) is 4.07. The Hall–Kier alpha value is -2.36. The molecular weight excluding hydrogens is 254 g/mol. The standard InChI is InChI=1S/C16H13NO3/c18-15(17-9-11-8-14(17)16(19)20-11)13-7-3-5-10-4-1-2-6-12(10)13/h1-7,11,14H,8-9H2/t11-,14+/m0/s1. The van der Waals surface area contributed by atoms with E-state index in [4.69, 9.17) is 4.74 Å². The molecule has 2 saturated heterocycles. The molecule has 4 rings (SSSR count). The van der Waals surface area contributed by atoms with E-state index in [2.05, 4.69) is 0 Å². The Bertz CT molecular complexity index is 719. The number of nitrogens with zero attached hydrogens (tertiary/aromatic N) is 1. The molecule has 100 valence electrons. The van der Waals surface area contributed by atoms with Gasteiger partial charge in [-0.2, -0.15) is 0 Å². The van der Waals surface area contributed by atoms with Crippen molar-refractivity contribution in [3.63, 3.8) is 0 Å². The molecule has 2 aromatic carbocycles. The monoisotopic (exact) mass is 267 g/mol. The van der Waals surface area contributed by atoms with Gasteiger partial charge in [-0.1, -0.05) is 36.4 Å². The van der Waals surface area contributed by atoms with Crippen LogP contribution in [0.1, 0.15) is 16.8 Å². The van der Waals surface area contributed by atoms with Crippen LogP contribution in [0.25, 0.3) is 10.8 Å². The third-order valence-corrected chi connectivity index (χ3v) is 4.10. The third-order valence-electron chi connectivity index (χ3n) is 4.10. The van der Waals surface area contributed by atoms with E-state index >= 15 is 0 Å². The van der Waals surface area contributed by atoms with Gasteiger partial charge in [0.1, 0.15) is 12.1 Å². The number of fused-ring (bicyclic) bond motifs is 3. The van der Waals surface area contributed by atoms with Gasteiger partial charge in [0, 0.05) is 12.0 Å². The molecule has 1 amide bonds. The van der Waals surface area contributed by atoms with Crippen molar-refractivity contribution in [1.82, 2.24) is 4.90 Å². The molecule has 0 aromatic heterocycles.